The number of rotatable bonds is 10. The molecule has 8 atom stereocenters. The average Bonchev–Trinajstić information content (AvgIpc) is 3.19. The zero-order valence-corrected chi connectivity index (χ0v) is 26.5. The lowest BCUT2D eigenvalue weighted by molar-refractivity contribution is -0.155. The molecule has 218 valence electrons. The summed E-state index contributed by atoms with van der Waals surface area (Å²) < 4.78 is 0. The van der Waals surface area contributed by atoms with Gasteiger partial charge in [0.15, 0.2) is 0 Å². The quantitative estimate of drug-likeness (QED) is 0.312. The van der Waals surface area contributed by atoms with Gasteiger partial charge in [-0.2, -0.15) is 0 Å². The van der Waals surface area contributed by atoms with Crippen LogP contribution in [-0.2, 0) is 9.59 Å². The Labute approximate surface area is 231 Å². The summed E-state index contributed by atoms with van der Waals surface area (Å²) in [6, 6.07) is 0. The number of aliphatic carboxylic acids is 1. The first-order valence-electron chi connectivity index (χ1n) is 16.2. The number of fused-ring (bicyclic) bond motifs is 3. The molecule has 0 radical (unpaired) electrons. The fourth-order valence-electron chi connectivity index (χ4n) is 8.79. The summed E-state index contributed by atoms with van der Waals surface area (Å²) in [6.45, 7) is 22.4. The fraction of sp³-hybridized carbons (Fsp3) is 0.941. The van der Waals surface area contributed by atoms with Gasteiger partial charge in [0, 0.05) is 18.3 Å². The molecule has 0 spiro atoms. The number of Topliss-reactive ketones (excluding diaryl/α,β-unsaturated/α-hetero) is 1. The molecule has 3 nitrogen and oxygen atoms in total. The van der Waals surface area contributed by atoms with Crippen LogP contribution in [0.15, 0.2) is 0 Å². The van der Waals surface area contributed by atoms with E-state index >= 15 is 0 Å². The molecule has 6 unspecified atom stereocenters. The number of ketones is 1. The van der Waals surface area contributed by atoms with Crippen LogP contribution >= 0.6 is 0 Å². The second-order valence-corrected chi connectivity index (χ2v) is 13.5. The number of hydrogen-bond donors (Lipinski definition) is 1. The van der Waals surface area contributed by atoms with Crippen LogP contribution in [0.5, 0.6) is 0 Å². The first-order chi connectivity index (χ1) is 17.5. The Morgan fingerprint density at radius 2 is 1.62 bits per heavy atom. The zero-order chi connectivity index (χ0) is 28.4. The third-order valence-corrected chi connectivity index (χ3v) is 10.5. The van der Waals surface area contributed by atoms with Gasteiger partial charge in [-0.3, -0.25) is 9.59 Å². The van der Waals surface area contributed by atoms with E-state index in [1.165, 1.54) is 44.9 Å². The van der Waals surface area contributed by atoms with E-state index < -0.39 is 11.4 Å². The molecule has 3 aliphatic carbocycles. The minimum Gasteiger partial charge on any atom is -0.481 e. The Balaban J connectivity index is 0.00000127. The summed E-state index contributed by atoms with van der Waals surface area (Å²) in [4.78, 5) is 24.8. The van der Waals surface area contributed by atoms with Crippen molar-refractivity contribution in [3.8, 4) is 0 Å². The number of carbonyl (C=O) groups is 2. The van der Waals surface area contributed by atoms with Gasteiger partial charge in [-0.15, -0.1) is 0 Å². The van der Waals surface area contributed by atoms with Crippen molar-refractivity contribution in [3.63, 3.8) is 0 Å². The third kappa shape index (κ3) is 8.07. The van der Waals surface area contributed by atoms with Crippen molar-refractivity contribution in [3.05, 3.63) is 0 Å². The lowest BCUT2D eigenvalue weighted by Crippen LogP contribution is -2.55. The van der Waals surface area contributed by atoms with Crippen LogP contribution in [-0.4, -0.2) is 16.9 Å². The Bertz CT molecular complexity index is 685. The van der Waals surface area contributed by atoms with Crippen LogP contribution in [0.1, 0.15) is 153 Å². The van der Waals surface area contributed by atoms with Crippen molar-refractivity contribution in [1.29, 1.82) is 0 Å². The second-order valence-electron chi connectivity index (χ2n) is 13.5. The third-order valence-electron chi connectivity index (χ3n) is 10.5. The molecule has 37 heavy (non-hydrogen) atoms. The zero-order valence-electron chi connectivity index (χ0n) is 26.5. The topological polar surface area (TPSA) is 54.4 Å². The highest BCUT2D eigenvalue weighted by Gasteiger charge is 2.62. The molecular weight excluding hydrogens is 456 g/mol. The van der Waals surface area contributed by atoms with Crippen LogP contribution in [0, 0.1) is 52.3 Å². The molecule has 0 aliphatic heterocycles. The highest BCUT2D eigenvalue weighted by molar-refractivity contribution is 5.86. The predicted octanol–water partition coefficient (Wildman–Crippen LogP) is 10.2. The van der Waals surface area contributed by atoms with Gasteiger partial charge >= 0.3 is 5.97 Å². The molecule has 3 rings (SSSR count). The van der Waals surface area contributed by atoms with Crippen LogP contribution in [0.25, 0.3) is 0 Å². The maximum atomic E-state index is 13.4. The SMILES string of the molecule is CC.CCC.CCCC1CC(=O)[C@](C)(CCC(=O)O)C2CC[C@]3(C)C(C(C)CCCC(C)C)CCC3C12. The molecule has 0 aromatic heterocycles. The number of carboxylic acid groups (broad SMARTS) is 1. The molecule has 3 aliphatic rings. The summed E-state index contributed by atoms with van der Waals surface area (Å²) in [6.07, 6.45) is 14.0. The lowest BCUT2D eigenvalue weighted by atomic mass is 9.45. The molecule has 0 bridgehead atoms. The molecule has 0 aromatic rings. The molecule has 1 N–H and O–H groups in total. The Morgan fingerprint density at radius 3 is 2.16 bits per heavy atom. The van der Waals surface area contributed by atoms with Gasteiger partial charge in [0.05, 0.1) is 0 Å². The first-order valence-corrected chi connectivity index (χ1v) is 16.2. The van der Waals surface area contributed by atoms with Crippen LogP contribution in [0.2, 0.25) is 0 Å². The molecule has 0 heterocycles. The lowest BCUT2D eigenvalue weighted by Gasteiger charge is -2.59. The highest BCUT2D eigenvalue weighted by Crippen LogP contribution is 2.67. The minimum atomic E-state index is -0.761. The molecule has 3 heteroatoms. The molecule has 3 fully saturated rings. The summed E-state index contributed by atoms with van der Waals surface area (Å²) in [7, 11) is 0. The van der Waals surface area contributed by atoms with E-state index in [9.17, 15) is 14.7 Å². The average molecular weight is 521 g/mol. The van der Waals surface area contributed by atoms with E-state index in [2.05, 4.69) is 55.4 Å². The van der Waals surface area contributed by atoms with Gasteiger partial charge in [-0.1, -0.05) is 101 Å². The van der Waals surface area contributed by atoms with Crippen molar-refractivity contribution in [2.75, 3.05) is 0 Å². The predicted molar refractivity (Wildman–Crippen MR) is 159 cm³/mol. The summed E-state index contributed by atoms with van der Waals surface area (Å²) in [5, 5.41) is 9.36. The Morgan fingerprint density at radius 1 is 1.00 bits per heavy atom. The van der Waals surface area contributed by atoms with Gasteiger partial charge in [-0.25, -0.2) is 0 Å². The number of hydrogen-bond acceptors (Lipinski definition) is 2. The van der Waals surface area contributed by atoms with E-state index in [4.69, 9.17) is 0 Å². The normalized spacial score (nSPS) is 35.4. The van der Waals surface area contributed by atoms with Gasteiger partial charge in [0.25, 0.3) is 0 Å². The van der Waals surface area contributed by atoms with Crippen molar-refractivity contribution in [2.24, 2.45) is 52.3 Å². The smallest absolute Gasteiger partial charge is 0.303 e. The number of carboxylic acids is 1. The molecule has 0 aromatic carbocycles. The first kappa shape index (κ1) is 34.2. The van der Waals surface area contributed by atoms with E-state index in [-0.39, 0.29) is 6.42 Å². The molecule has 0 amide bonds. The van der Waals surface area contributed by atoms with Crippen molar-refractivity contribution < 1.29 is 14.7 Å². The van der Waals surface area contributed by atoms with Gasteiger partial charge in [0.2, 0.25) is 0 Å². The summed E-state index contributed by atoms with van der Waals surface area (Å²) >= 11 is 0. The minimum absolute atomic E-state index is 0.126. The van der Waals surface area contributed by atoms with Crippen LogP contribution < -0.4 is 0 Å². The van der Waals surface area contributed by atoms with Crippen LogP contribution in [0.4, 0.5) is 0 Å². The van der Waals surface area contributed by atoms with Gasteiger partial charge in [0.1, 0.15) is 5.78 Å². The second kappa shape index (κ2) is 15.7. The summed E-state index contributed by atoms with van der Waals surface area (Å²) in [5.74, 6) is 4.21. The summed E-state index contributed by atoms with van der Waals surface area (Å²) in [5.41, 5.74) is -0.0336. The largest absolute Gasteiger partial charge is 0.481 e. The van der Waals surface area contributed by atoms with Crippen molar-refractivity contribution in [2.45, 2.75) is 153 Å². The maximum absolute atomic E-state index is 13.4. The van der Waals surface area contributed by atoms with E-state index in [1.807, 2.05) is 13.8 Å². The van der Waals surface area contributed by atoms with E-state index in [0.29, 0.717) is 47.7 Å². The highest BCUT2D eigenvalue weighted by atomic mass is 16.4. The van der Waals surface area contributed by atoms with E-state index in [0.717, 1.165) is 37.0 Å². The fourth-order valence-corrected chi connectivity index (χ4v) is 8.79. The molecule has 3 saturated carbocycles. The number of carbonyl (C=O) groups excluding carboxylic acids is 1. The molecular formula is C34H64O3. The van der Waals surface area contributed by atoms with Crippen LogP contribution in [0.3, 0.4) is 0 Å². The van der Waals surface area contributed by atoms with Crippen molar-refractivity contribution in [1.82, 2.24) is 0 Å². The molecule has 0 saturated heterocycles. The van der Waals surface area contributed by atoms with Gasteiger partial charge in [-0.05, 0) is 85.4 Å². The van der Waals surface area contributed by atoms with Crippen molar-refractivity contribution >= 4 is 11.8 Å². The van der Waals surface area contributed by atoms with Gasteiger partial charge < -0.3 is 5.11 Å². The monoisotopic (exact) mass is 520 g/mol. The standard InChI is InChI=1S/C29H50O3.C3H8.C2H6/c1-7-9-21-18-25(30)29(6,17-15-26(31)32)24-14-16-28(5)22(12-13-23(28)27(21)24)20(4)11-8-10-19(2)3;1-3-2;1-2/h19-24,27H,7-18H2,1-6H3,(H,31,32);3H2,1-2H3;1-2H3/t20?,21?,22?,23?,24?,27?,28-,29-;;/m1../s1. The Kier molecular flexibility index (Phi) is 14.5. The maximum Gasteiger partial charge on any atom is 0.303 e. The van der Waals surface area contributed by atoms with E-state index in [1.54, 1.807) is 0 Å². The Hall–Kier alpha value is -0.860.